The van der Waals surface area contributed by atoms with Crippen molar-refractivity contribution in [3.63, 3.8) is 0 Å². The molecular formula is C14H21N3O4. The number of hydrogen-bond donors (Lipinski definition) is 3. The minimum atomic E-state index is -0.231. The van der Waals surface area contributed by atoms with Crippen LogP contribution in [0.5, 0.6) is 0 Å². The summed E-state index contributed by atoms with van der Waals surface area (Å²) in [6.45, 7) is 2.99. The summed E-state index contributed by atoms with van der Waals surface area (Å²) < 4.78 is 5.72. The number of nitrogens with zero attached hydrogens (tertiary/aromatic N) is 1. The Bertz CT molecular complexity index is 579. The van der Waals surface area contributed by atoms with Gasteiger partial charge in [-0.2, -0.15) is 0 Å². The van der Waals surface area contributed by atoms with E-state index in [0.29, 0.717) is 24.4 Å². The summed E-state index contributed by atoms with van der Waals surface area (Å²) in [6.07, 6.45) is 1.70. The Hall–Kier alpha value is -1.60. The number of carbonyl (C=O) groups excluding carboxylic acids is 1. The highest BCUT2D eigenvalue weighted by Crippen LogP contribution is 2.34. The summed E-state index contributed by atoms with van der Waals surface area (Å²) in [4.78, 5) is 26.0. The molecule has 1 saturated carbocycles. The van der Waals surface area contributed by atoms with E-state index in [9.17, 15) is 14.7 Å². The highest BCUT2D eigenvalue weighted by Gasteiger charge is 2.42. The Morgan fingerprint density at radius 2 is 2.24 bits per heavy atom. The van der Waals surface area contributed by atoms with Crippen LogP contribution in [0.3, 0.4) is 0 Å². The van der Waals surface area contributed by atoms with Crippen LogP contribution in [-0.2, 0) is 16.0 Å². The number of aliphatic hydroxyl groups excluding tert-OH is 1. The molecule has 3 N–H and O–H groups in total. The van der Waals surface area contributed by atoms with Crippen molar-refractivity contribution in [2.24, 2.45) is 5.92 Å². The Morgan fingerprint density at radius 1 is 1.43 bits per heavy atom. The quantitative estimate of drug-likeness (QED) is 0.703. The van der Waals surface area contributed by atoms with Gasteiger partial charge in [-0.15, -0.1) is 0 Å². The number of ether oxygens (including phenoxy) is 1. The third-order valence-electron chi connectivity index (χ3n) is 4.63. The maximum atomic E-state index is 12.5. The fraction of sp³-hybridized carbons (Fsp3) is 0.714. The van der Waals surface area contributed by atoms with Crippen molar-refractivity contribution in [3.05, 3.63) is 21.6 Å². The number of rotatable bonds is 3. The summed E-state index contributed by atoms with van der Waals surface area (Å²) in [7, 11) is 0. The van der Waals surface area contributed by atoms with E-state index in [1.54, 1.807) is 6.92 Å². The van der Waals surface area contributed by atoms with E-state index < -0.39 is 0 Å². The summed E-state index contributed by atoms with van der Waals surface area (Å²) in [5.41, 5.74) is 0.975. The van der Waals surface area contributed by atoms with Gasteiger partial charge >= 0.3 is 0 Å². The molecule has 3 atom stereocenters. The van der Waals surface area contributed by atoms with Crippen LogP contribution in [-0.4, -0.2) is 58.0 Å². The highest BCUT2D eigenvalue weighted by atomic mass is 16.5. The van der Waals surface area contributed by atoms with Gasteiger partial charge in [0.2, 0.25) is 5.91 Å². The SMILES string of the molecule is Cc1[nH][nH]c(=O)c1CC(=O)N1CCOC2C[C@H](CO)C[C@@H]21. The van der Waals surface area contributed by atoms with E-state index in [1.165, 1.54) is 0 Å². The summed E-state index contributed by atoms with van der Waals surface area (Å²) in [5.74, 6) is 0.158. The van der Waals surface area contributed by atoms with Crippen LogP contribution in [0.1, 0.15) is 24.1 Å². The molecule has 1 aromatic rings. The first-order chi connectivity index (χ1) is 10.1. The number of morpholine rings is 1. The molecule has 0 radical (unpaired) electrons. The van der Waals surface area contributed by atoms with Crippen LogP contribution >= 0.6 is 0 Å². The van der Waals surface area contributed by atoms with Crippen molar-refractivity contribution in [2.75, 3.05) is 19.8 Å². The third kappa shape index (κ3) is 2.63. The van der Waals surface area contributed by atoms with Crippen molar-refractivity contribution >= 4 is 5.91 Å². The van der Waals surface area contributed by atoms with Crippen LogP contribution in [0.2, 0.25) is 0 Å². The number of amides is 1. The number of fused-ring (bicyclic) bond motifs is 1. The second-order valence-electron chi connectivity index (χ2n) is 5.94. The normalized spacial score (nSPS) is 28.7. The third-order valence-corrected chi connectivity index (χ3v) is 4.63. The summed E-state index contributed by atoms with van der Waals surface area (Å²) in [5, 5.41) is 14.5. The molecule has 1 aliphatic heterocycles. The van der Waals surface area contributed by atoms with Crippen LogP contribution in [0.25, 0.3) is 0 Å². The topological polar surface area (TPSA) is 98.4 Å². The first kappa shape index (κ1) is 14.3. The molecule has 3 rings (SSSR count). The molecular weight excluding hydrogens is 274 g/mol. The van der Waals surface area contributed by atoms with E-state index in [2.05, 4.69) is 10.2 Å². The number of hydrogen-bond acceptors (Lipinski definition) is 4. The molecule has 1 saturated heterocycles. The average molecular weight is 295 g/mol. The smallest absolute Gasteiger partial charge is 0.267 e. The fourth-order valence-corrected chi connectivity index (χ4v) is 3.45. The summed E-state index contributed by atoms with van der Waals surface area (Å²) in [6, 6.07) is 0.0294. The fourth-order valence-electron chi connectivity index (χ4n) is 3.45. The van der Waals surface area contributed by atoms with Crippen LogP contribution < -0.4 is 5.56 Å². The molecule has 21 heavy (non-hydrogen) atoms. The van der Waals surface area contributed by atoms with Gasteiger partial charge in [0.05, 0.1) is 25.2 Å². The molecule has 0 spiro atoms. The molecule has 2 aliphatic rings. The lowest BCUT2D eigenvalue weighted by molar-refractivity contribution is -0.143. The van der Waals surface area contributed by atoms with Crippen LogP contribution in [0.4, 0.5) is 0 Å². The molecule has 0 bridgehead atoms. The number of aliphatic hydroxyl groups is 1. The maximum Gasteiger partial charge on any atom is 0.267 e. The molecule has 1 amide bonds. The molecule has 0 aromatic carbocycles. The monoisotopic (exact) mass is 295 g/mol. The molecule has 1 unspecified atom stereocenters. The molecule has 7 nitrogen and oxygen atoms in total. The Balaban J connectivity index is 1.73. The zero-order chi connectivity index (χ0) is 15.0. The van der Waals surface area contributed by atoms with E-state index in [1.807, 2.05) is 4.90 Å². The van der Waals surface area contributed by atoms with Crippen LogP contribution in [0, 0.1) is 12.8 Å². The number of carbonyl (C=O) groups is 1. The van der Waals surface area contributed by atoms with Gasteiger partial charge in [0.1, 0.15) is 0 Å². The average Bonchev–Trinajstić information content (AvgIpc) is 3.04. The molecule has 1 aliphatic carbocycles. The van der Waals surface area contributed by atoms with Gasteiger partial charge < -0.3 is 19.8 Å². The van der Waals surface area contributed by atoms with E-state index in [0.717, 1.165) is 12.8 Å². The van der Waals surface area contributed by atoms with E-state index >= 15 is 0 Å². The Morgan fingerprint density at radius 3 is 2.90 bits per heavy atom. The summed E-state index contributed by atoms with van der Waals surface area (Å²) >= 11 is 0. The lowest BCUT2D eigenvalue weighted by Gasteiger charge is -2.37. The Labute approximate surface area is 122 Å². The van der Waals surface area contributed by atoms with Gasteiger partial charge in [0.15, 0.2) is 0 Å². The second-order valence-corrected chi connectivity index (χ2v) is 5.94. The van der Waals surface area contributed by atoms with Gasteiger partial charge in [-0.05, 0) is 25.7 Å². The molecule has 7 heteroatoms. The van der Waals surface area contributed by atoms with Gasteiger partial charge in [0, 0.05) is 24.4 Å². The lowest BCUT2D eigenvalue weighted by atomic mass is 10.1. The second kappa shape index (κ2) is 5.65. The van der Waals surface area contributed by atoms with Gasteiger partial charge in [0.25, 0.3) is 5.56 Å². The molecule has 2 heterocycles. The van der Waals surface area contributed by atoms with Gasteiger partial charge in [-0.25, -0.2) is 0 Å². The molecule has 2 fully saturated rings. The number of aryl methyl sites for hydroxylation is 1. The van der Waals surface area contributed by atoms with Gasteiger partial charge in [-0.3, -0.25) is 14.7 Å². The van der Waals surface area contributed by atoms with Crippen molar-refractivity contribution in [1.82, 2.24) is 15.1 Å². The number of aromatic nitrogens is 2. The number of nitrogens with one attached hydrogen (secondary N) is 2. The van der Waals surface area contributed by atoms with Crippen LogP contribution in [0.15, 0.2) is 4.79 Å². The van der Waals surface area contributed by atoms with E-state index in [4.69, 9.17) is 4.74 Å². The zero-order valence-corrected chi connectivity index (χ0v) is 12.1. The first-order valence-electron chi connectivity index (χ1n) is 7.38. The number of H-pyrrole nitrogens is 2. The van der Waals surface area contributed by atoms with Crippen molar-refractivity contribution in [2.45, 2.75) is 38.3 Å². The van der Waals surface area contributed by atoms with E-state index in [-0.39, 0.29) is 42.6 Å². The zero-order valence-electron chi connectivity index (χ0n) is 12.1. The molecule has 1 aromatic heterocycles. The minimum Gasteiger partial charge on any atom is -0.396 e. The molecule has 116 valence electrons. The predicted octanol–water partition coefficient (Wildman–Crippen LogP) is -0.448. The Kier molecular flexibility index (Phi) is 3.86. The minimum absolute atomic E-state index is 0.0189. The van der Waals surface area contributed by atoms with Crippen molar-refractivity contribution < 1.29 is 14.6 Å². The largest absolute Gasteiger partial charge is 0.396 e. The highest BCUT2D eigenvalue weighted by molar-refractivity contribution is 5.79. The van der Waals surface area contributed by atoms with Crippen molar-refractivity contribution in [1.29, 1.82) is 0 Å². The maximum absolute atomic E-state index is 12.5. The predicted molar refractivity (Wildman–Crippen MR) is 74.9 cm³/mol. The lowest BCUT2D eigenvalue weighted by Crippen LogP contribution is -2.51. The number of aromatic amines is 2. The van der Waals surface area contributed by atoms with Gasteiger partial charge in [-0.1, -0.05) is 0 Å². The first-order valence-corrected chi connectivity index (χ1v) is 7.38. The van der Waals surface area contributed by atoms with Crippen molar-refractivity contribution in [3.8, 4) is 0 Å². The standard InChI is InChI=1S/C14H21N3O4/c1-8-10(14(20)16-15-8)6-13(19)17-2-3-21-12-5-9(7-18)4-11(12)17/h9,11-12,18H,2-7H2,1H3,(H2,15,16,20)/t9-,11+,12?/m1/s1.